The summed E-state index contributed by atoms with van der Waals surface area (Å²) in [4.78, 5) is 2.48. The van der Waals surface area contributed by atoms with Gasteiger partial charge in [-0.1, -0.05) is 29.8 Å². The smallest absolute Gasteiger partial charge is 0.161 e. The van der Waals surface area contributed by atoms with E-state index < -0.39 is 0 Å². The van der Waals surface area contributed by atoms with Crippen LogP contribution in [0, 0.1) is 0 Å². The number of likely N-dealkylation sites (tertiary alicyclic amines) is 1. The van der Waals surface area contributed by atoms with E-state index in [4.69, 9.17) is 16.3 Å². The van der Waals surface area contributed by atoms with Crippen LogP contribution in [0.25, 0.3) is 0 Å². The minimum atomic E-state index is 0.200. The van der Waals surface area contributed by atoms with Crippen LogP contribution in [0.5, 0.6) is 11.5 Å². The van der Waals surface area contributed by atoms with Crippen LogP contribution in [-0.4, -0.2) is 23.2 Å². The van der Waals surface area contributed by atoms with E-state index in [-0.39, 0.29) is 5.75 Å². The largest absolute Gasteiger partial charge is 0.504 e. The highest BCUT2D eigenvalue weighted by atomic mass is 35.5. The van der Waals surface area contributed by atoms with Crippen LogP contribution in [0.1, 0.15) is 36.9 Å². The number of phenols is 1. The van der Waals surface area contributed by atoms with Crippen molar-refractivity contribution in [2.75, 3.05) is 13.2 Å². The van der Waals surface area contributed by atoms with E-state index >= 15 is 0 Å². The van der Waals surface area contributed by atoms with Crippen LogP contribution in [0.2, 0.25) is 5.02 Å². The average molecular weight is 332 g/mol. The monoisotopic (exact) mass is 331 g/mol. The highest BCUT2D eigenvalue weighted by Gasteiger charge is 2.26. The number of rotatable bonds is 5. The van der Waals surface area contributed by atoms with Gasteiger partial charge in [0.25, 0.3) is 0 Å². The standard InChI is InChI=1S/C19H22ClNO2/c1-2-23-19-12-14(5-10-18(19)22)13-21-11-3-4-17(21)15-6-8-16(20)9-7-15/h5-10,12,17,22H,2-4,11,13H2,1H3. The summed E-state index contributed by atoms with van der Waals surface area (Å²) >= 11 is 6.00. The molecular formula is C19H22ClNO2. The summed E-state index contributed by atoms with van der Waals surface area (Å²) < 4.78 is 5.48. The molecule has 2 aromatic carbocycles. The van der Waals surface area contributed by atoms with Crippen molar-refractivity contribution in [2.45, 2.75) is 32.4 Å². The zero-order chi connectivity index (χ0) is 16.2. The predicted octanol–water partition coefficient (Wildman–Crippen LogP) is 4.78. The lowest BCUT2D eigenvalue weighted by Gasteiger charge is -2.25. The van der Waals surface area contributed by atoms with E-state index in [0.29, 0.717) is 18.4 Å². The van der Waals surface area contributed by atoms with Gasteiger partial charge in [0.1, 0.15) is 0 Å². The third-order valence-electron chi connectivity index (χ3n) is 4.33. The first-order valence-electron chi connectivity index (χ1n) is 8.11. The molecule has 23 heavy (non-hydrogen) atoms. The van der Waals surface area contributed by atoms with Crippen molar-refractivity contribution in [3.05, 3.63) is 58.6 Å². The van der Waals surface area contributed by atoms with E-state index in [0.717, 1.165) is 30.1 Å². The van der Waals surface area contributed by atoms with Crippen LogP contribution in [0.15, 0.2) is 42.5 Å². The Balaban J connectivity index is 1.76. The lowest BCUT2D eigenvalue weighted by atomic mass is 10.0. The molecule has 0 spiro atoms. The van der Waals surface area contributed by atoms with Crippen molar-refractivity contribution < 1.29 is 9.84 Å². The van der Waals surface area contributed by atoms with E-state index in [1.165, 1.54) is 12.0 Å². The van der Waals surface area contributed by atoms with E-state index in [1.807, 2.05) is 31.2 Å². The molecule has 1 aliphatic heterocycles. The molecule has 0 amide bonds. The third-order valence-corrected chi connectivity index (χ3v) is 4.58. The first kappa shape index (κ1) is 16.2. The van der Waals surface area contributed by atoms with Gasteiger partial charge in [0.05, 0.1) is 6.61 Å². The Labute approximate surface area is 142 Å². The Bertz CT molecular complexity index is 657. The maximum atomic E-state index is 9.83. The number of hydrogen-bond donors (Lipinski definition) is 1. The van der Waals surface area contributed by atoms with Crippen molar-refractivity contribution >= 4 is 11.6 Å². The summed E-state index contributed by atoms with van der Waals surface area (Å²) in [6, 6.07) is 14.2. The average Bonchev–Trinajstić information content (AvgIpc) is 3.00. The Morgan fingerprint density at radius 1 is 1.22 bits per heavy atom. The number of phenolic OH excluding ortho intramolecular Hbond substituents is 1. The van der Waals surface area contributed by atoms with Crippen LogP contribution < -0.4 is 4.74 Å². The molecule has 3 nitrogen and oxygen atoms in total. The molecule has 0 bridgehead atoms. The zero-order valence-corrected chi connectivity index (χ0v) is 14.1. The van der Waals surface area contributed by atoms with E-state index in [9.17, 15) is 5.11 Å². The fraction of sp³-hybridized carbons (Fsp3) is 0.368. The second-order valence-corrected chi connectivity index (χ2v) is 6.35. The number of nitrogens with zero attached hydrogens (tertiary/aromatic N) is 1. The molecule has 0 aliphatic carbocycles. The Hall–Kier alpha value is -1.71. The molecule has 1 fully saturated rings. The maximum absolute atomic E-state index is 9.83. The van der Waals surface area contributed by atoms with Crippen molar-refractivity contribution in [3.8, 4) is 11.5 Å². The Morgan fingerprint density at radius 2 is 2.00 bits per heavy atom. The third kappa shape index (κ3) is 3.80. The molecule has 3 rings (SSSR count). The molecule has 1 atom stereocenters. The molecule has 1 saturated heterocycles. The van der Waals surface area contributed by atoms with Gasteiger partial charge < -0.3 is 9.84 Å². The number of hydrogen-bond acceptors (Lipinski definition) is 3. The molecule has 0 saturated carbocycles. The molecule has 0 aromatic heterocycles. The molecule has 1 N–H and O–H groups in total. The summed E-state index contributed by atoms with van der Waals surface area (Å²) in [6.45, 7) is 4.41. The summed E-state index contributed by atoms with van der Waals surface area (Å²) in [6.07, 6.45) is 2.36. The lowest BCUT2D eigenvalue weighted by Crippen LogP contribution is -2.22. The number of ether oxygens (including phenoxy) is 1. The Morgan fingerprint density at radius 3 is 2.74 bits per heavy atom. The summed E-state index contributed by atoms with van der Waals surface area (Å²) in [7, 11) is 0. The van der Waals surface area contributed by atoms with Gasteiger partial charge in [0.15, 0.2) is 11.5 Å². The molecule has 1 aliphatic rings. The highest BCUT2D eigenvalue weighted by molar-refractivity contribution is 6.30. The van der Waals surface area contributed by atoms with Crippen molar-refractivity contribution in [1.82, 2.24) is 4.90 Å². The van der Waals surface area contributed by atoms with Gasteiger partial charge in [-0.15, -0.1) is 0 Å². The van der Waals surface area contributed by atoms with Crippen LogP contribution in [0.4, 0.5) is 0 Å². The van der Waals surface area contributed by atoms with Gasteiger partial charge in [0, 0.05) is 17.6 Å². The van der Waals surface area contributed by atoms with Gasteiger partial charge in [-0.2, -0.15) is 0 Å². The molecular weight excluding hydrogens is 310 g/mol. The normalized spacial score (nSPS) is 18.3. The molecule has 122 valence electrons. The fourth-order valence-corrected chi connectivity index (χ4v) is 3.37. The van der Waals surface area contributed by atoms with Crippen molar-refractivity contribution in [1.29, 1.82) is 0 Å². The first-order chi connectivity index (χ1) is 11.2. The fourth-order valence-electron chi connectivity index (χ4n) is 3.24. The van der Waals surface area contributed by atoms with Crippen molar-refractivity contribution in [3.63, 3.8) is 0 Å². The minimum absolute atomic E-state index is 0.200. The highest BCUT2D eigenvalue weighted by Crippen LogP contribution is 2.35. The van der Waals surface area contributed by atoms with E-state index in [1.54, 1.807) is 6.07 Å². The summed E-state index contributed by atoms with van der Waals surface area (Å²) in [5, 5.41) is 10.6. The van der Waals surface area contributed by atoms with Gasteiger partial charge in [-0.05, 0) is 61.7 Å². The number of halogens is 1. The topological polar surface area (TPSA) is 32.7 Å². The predicted molar refractivity (Wildman–Crippen MR) is 93.1 cm³/mol. The van der Waals surface area contributed by atoms with Crippen LogP contribution in [0.3, 0.4) is 0 Å². The number of aromatic hydroxyl groups is 1. The Kier molecular flexibility index (Phi) is 5.09. The lowest BCUT2D eigenvalue weighted by molar-refractivity contribution is 0.247. The van der Waals surface area contributed by atoms with Gasteiger partial charge in [-0.3, -0.25) is 4.90 Å². The quantitative estimate of drug-likeness (QED) is 0.855. The molecule has 1 unspecified atom stereocenters. The SMILES string of the molecule is CCOc1cc(CN2CCCC2c2ccc(Cl)cc2)ccc1O. The summed E-state index contributed by atoms with van der Waals surface area (Å²) in [5.41, 5.74) is 2.47. The molecule has 1 heterocycles. The van der Waals surface area contributed by atoms with Crippen LogP contribution in [-0.2, 0) is 6.54 Å². The van der Waals surface area contributed by atoms with Crippen molar-refractivity contribution in [2.24, 2.45) is 0 Å². The maximum Gasteiger partial charge on any atom is 0.161 e. The second-order valence-electron chi connectivity index (χ2n) is 5.92. The van der Waals surface area contributed by atoms with Gasteiger partial charge in [-0.25, -0.2) is 0 Å². The first-order valence-corrected chi connectivity index (χ1v) is 8.49. The van der Waals surface area contributed by atoms with Crippen LogP contribution >= 0.6 is 11.6 Å². The molecule has 4 heteroatoms. The molecule has 2 aromatic rings. The number of benzene rings is 2. The molecule has 0 radical (unpaired) electrons. The van der Waals surface area contributed by atoms with Gasteiger partial charge in [0.2, 0.25) is 0 Å². The summed E-state index contributed by atoms with van der Waals surface area (Å²) in [5.74, 6) is 0.763. The zero-order valence-electron chi connectivity index (χ0n) is 13.3. The van der Waals surface area contributed by atoms with E-state index in [2.05, 4.69) is 17.0 Å². The second kappa shape index (κ2) is 7.24. The van der Waals surface area contributed by atoms with Gasteiger partial charge >= 0.3 is 0 Å². The minimum Gasteiger partial charge on any atom is -0.504 e.